The van der Waals surface area contributed by atoms with Gasteiger partial charge in [0.15, 0.2) is 0 Å². The second kappa shape index (κ2) is 5.25. The first-order valence-corrected chi connectivity index (χ1v) is 6.34. The van der Waals surface area contributed by atoms with Gasteiger partial charge in [0, 0.05) is 12.6 Å². The van der Waals surface area contributed by atoms with Gasteiger partial charge in [-0.2, -0.15) is 0 Å². The third-order valence-electron chi connectivity index (χ3n) is 3.30. The number of aliphatic hydroxyl groups is 1. The number of amides is 1. The van der Waals surface area contributed by atoms with Gasteiger partial charge in [-0.1, -0.05) is 6.92 Å². The van der Waals surface area contributed by atoms with Crippen LogP contribution in [0.15, 0.2) is 0 Å². The molecule has 0 bridgehead atoms. The summed E-state index contributed by atoms with van der Waals surface area (Å²) in [5, 5.41) is 12.2. The van der Waals surface area contributed by atoms with Crippen molar-refractivity contribution in [1.82, 2.24) is 5.32 Å². The highest BCUT2D eigenvalue weighted by molar-refractivity contribution is 5.68. The van der Waals surface area contributed by atoms with E-state index in [4.69, 9.17) is 4.74 Å². The molecule has 1 aliphatic carbocycles. The van der Waals surface area contributed by atoms with Crippen molar-refractivity contribution in [3.63, 3.8) is 0 Å². The Hall–Kier alpha value is -0.770. The number of rotatable bonds is 2. The molecule has 0 aliphatic heterocycles. The van der Waals surface area contributed by atoms with E-state index in [-0.39, 0.29) is 24.2 Å². The maximum atomic E-state index is 11.6. The fraction of sp³-hybridized carbons (Fsp3) is 0.923. The second-order valence-corrected chi connectivity index (χ2v) is 6.39. The summed E-state index contributed by atoms with van der Waals surface area (Å²) in [6.07, 6.45) is 3.38. The summed E-state index contributed by atoms with van der Waals surface area (Å²) in [6.45, 7) is 7.89. The Morgan fingerprint density at radius 1 is 1.41 bits per heavy atom. The highest BCUT2D eigenvalue weighted by Crippen LogP contribution is 2.35. The Labute approximate surface area is 104 Å². The molecule has 0 unspecified atom stereocenters. The Bertz CT molecular complexity index is 262. The lowest BCUT2D eigenvalue weighted by Crippen LogP contribution is -2.43. The van der Waals surface area contributed by atoms with Crippen LogP contribution in [0.1, 0.15) is 53.4 Å². The molecule has 1 aliphatic rings. The van der Waals surface area contributed by atoms with Crippen LogP contribution in [0.5, 0.6) is 0 Å². The fourth-order valence-corrected chi connectivity index (χ4v) is 2.09. The van der Waals surface area contributed by atoms with Gasteiger partial charge in [0.2, 0.25) is 0 Å². The number of hydrogen-bond donors (Lipinski definition) is 2. The van der Waals surface area contributed by atoms with Crippen LogP contribution in [0.2, 0.25) is 0 Å². The molecule has 17 heavy (non-hydrogen) atoms. The Morgan fingerprint density at radius 2 is 1.94 bits per heavy atom. The van der Waals surface area contributed by atoms with E-state index in [1.54, 1.807) is 0 Å². The van der Waals surface area contributed by atoms with Crippen molar-refractivity contribution in [1.29, 1.82) is 0 Å². The van der Waals surface area contributed by atoms with Crippen molar-refractivity contribution in [2.75, 3.05) is 6.61 Å². The third-order valence-corrected chi connectivity index (χ3v) is 3.30. The zero-order valence-electron chi connectivity index (χ0n) is 11.4. The summed E-state index contributed by atoms with van der Waals surface area (Å²) in [5.41, 5.74) is -0.412. The number of ether oxygens (including phenoxy) is 1. The number of aliphatic hydroxyl groups excluding tert-OH is 1. The van der Waals surface area contributed by atoms with Gasteiger partial charge in [0.1, 0.15) is 5.60 Å². The predicted molar refractivity (Wildman–Crippen MR) is 66.8 cm³/mol. The van der Waals surface area contributed by atoms with Gasteiger partial charge in [-0.25, -0.2) is 4.79 Å². The van der Waals surface area contributed by atoms with E-state index in [9.17, 15) is 9.90 Å². The van der Waals surface area contributed by atoms with Crippen molar-refractivity contribution in [2.45, 2.75) is 65.0 Å². The van der Waals surface area contributed by atoms with Gasteiger partial charge in [0.25, 0.3) is 0 Å². The van der Waals surface area contributed by atoms with Gasteiger partial charge in [-0.15, -0.1) is 0 Å². The van der Waals surface area contributed by atoms with Gasteiger partial charge in [0.05, 0.1) is 0 Å². The summed E-state index contributed by atoms with van der Waals surface area (Å²) in [4.78, 5) is 11.6. The number of carbonyl (C=O) groups excluding carboxylic acids is 1. The summed E-state index contributed by atoms with van der Waals surface area (Å²) < 4.78 is 5.22. The predicted octanol–water partition coefficient (Wildman–Crippen LogP) is 2.45. The molecule has 100 valence electrons. The van der Waals surface area contributed by atoms with Crippen LogP contribution in [0, 0.1) is 5.41 Å². The summed E-state index contributed by atoms with van der Waals surface area (Å²) >= 11 is 0. The summed E-state index contributed by atoms with van der Waals surface area (Å²) in [7, 11) is 0. The lowest BCUT2D eigenvalue weighted by molar-refractivity contribution is 0.0439. The van der Waals surface area contributed by atoms with Gasteiger partial charge in [-0.3, -0.25) is 0 Å². The van der Waals surface area contributed by atoms with Crippen LogP contribution in [0.3, 0.4) is 0 Å². The average Bonchev–Trinajstić information content (AvgIpc) is 2.19. The number of alkyl carbamates (subject to hydrolysis) is 1. The molecular formula is C13H25NO3. The van der Waals surface area contributed by atoms with Crippen molar-refractivity contribution >= 4 is 6.09 Å². The second-order valence-electron chi connectivity index (χ2n) is 6.39. The molecule has 1 amide bonds. The highest BCUT2D eigenvalue weighted by Gasteiger charge is 2.31. The monoisotopic (exact) mass is 243 g/mol. The third kappa shape index (κ3) is 4.94. The standard InChI is InChI=1S/C13H25NO3/c1-12(2,3)17-11(16)14-10-5-7-13(4,9-15)8-6-10/h10,15H,5-9H2,1-4H3,(H,14,16). The molecule has 0 aromatic rings. The Balaban J connectivity index is 2.34. The smallest absolute Gasteiger partial charge is 0.407 e. The first-order valence-electron chi connectivity index (χ1n) is 6.34. The maximum Gasteiger partial charge on any atom is 0.407 e. The molecule has 0 saturated heterocycles. The minimum Gasteiger partial charge on any atom is -0.444 e. The van der Waals surface area contributed by atoms with E-state index in [1.807, 2.05) is 20.8 Å². The van der Waals surface area contributed by atoms with Gasteiger partial charge >= 0.3 is 6.09 Å². The fourth-order valence-electron chi connectivity index (χ4n) is 2.09. The largest absolute Gasteiger partial charge is 0.444 e. The molecule has 4 heteroatoms. The first-order chi connectivity index (χ1) is 7.74. The number of carbonyl (C=O) groups is 1. The topological polar surface area (TPSA) is 58.6 Å². The van der Waals surface area contributed by atoms with E-state index in [0.717, 1.165) is 25.7 Å². The molecule has 1 saturated carbocycles. The van der Waals surface area contributed by atoms with Crippen molar-refractivity contribution in [3.05, 3.63) is 0 Å². The van der Waals surface area contributed by atoms with E-state index in [2.05, 4.69) is 12.2 Å². The molecule has 0 aromatic carbocycles. The molecule has 1 rings (SSSR count). The van der Waals surface area contributed by atoms with Crippen molar-refractivity contribution < 1.29 is 14.6 Å². The van der Waals surface area contributed by atoms with Gasteiger partial charge in [-0.05, 0) is 51.9 Å². The van der Waals surface area contributed by atoms with E-state index >= 15 is 0 Å². The number of hydrogen-bond acceptors (Lipinski definition) is 3. The Kier molecular flexibility index (Phi) is 4.42. The highest BCUT2D eigenvalue weighted by atomic mass is 16.6. The quantitative estimate of drug-likeness (QED) is 0.783. The molecule has 4 nitrogen and oxygen atoms in total. The van der Waals surface area contributed by atoms with Crippen LogP contribution >= 0.6 is 0 Å². The molecule has 2 N–H and O–H groups in total. The van der Waals surface area contributed by atoms with Gasteiger partial charge < -0.3 is 15.2 Å². The lowest BCUT2D eigenvalue weighted by atomic mass is 9.74. The van der Waals surface area contributed by atoms with E-state index < -0.39 is 5.60 Å². The SMILES string of the molecule is CC1(CO)CCC(NC(=O)OC(C)(C)C)CC1. The van der Waals surface area contributed by atoms with E-state index in [0.29, 0.717) is 0 Å². The van der Waals surface area contributed by atoms with Crippen LogP contribution in [0.4, 0.5) is 4.79 Å². The zero-order chi connectivity index (χ0) is 13.1. The van der Waals surface area contributed by atoms with Crippen LogP contribution in [0.25, 0.3) is 0 Å². The zero-order valence-corrected chi connectivity index (χ0v) is 11.4. The molecule has 1 fully saturated rings. The minimum atomic E-state index is -0.446. The van der Waals surface area contributed by atoms with Crippen molar-refractivity contribution in [2.24, 2.45) is 5.41 Å². The molecule has 0 radical (unpaired) electrons. The molecule has 0 aromatic heterocycles. The number of nitrogens with one attached hydrogen (secondary N) is 1. The molecule has 0 spiro atoms. The van der Waals surface area contributed by atoms with Crippen LogP contribution < -0.4 is 5.32 Å². The summed E-state index contributed by atoms with van der Waals surface area (Å²) in [6, 6.07) is 0.185. The van der Waals surface area contributed by atoms with Crippen molar-refractivity contribution in [3.8, 4) is 0 Å². The van der Waals surface area contributed by atoms with Crippen LogP contribution in [-0.2, 0) is 4.74 Å². The summed E-state index contributed by atoms with van der Waals surface area (Å²) in [5.74, 6) is 0. The first kappa shape index (κ1) is 14.3. The molecule has 0 heterocycles. The van der Waals surface area contributed by atoms with Crippen LogP contribution in [-0.4, -0.2) is 29.4 Å². The maximum absolute atomic E-state index is 11.6. The minimum absolute atomic E-state index is 0.0338. The average molecular weight is 243 g/mol. The lowest BCUT2D eigenvalue weighted by Gasteiger charge is -2.36. The molecule has 0 atom stereocenters. The Morgan fingerprint density at radius 3 is 2.35 bits per heavy atom. The molecular weight excluding hydrogens is 218 g/mol. The normalized spacial score (nSPS) is 29.8. The van der Waals surface area contributed by atoms with E-state index in [1.165, 1.54) is 0 Å².